The van der Waals surface area contributed by atoms with Crippen molar-refractivity contribution in [2.24, 2.45) is 0 Å². The monoisotopic (exact) mass is 381 g/mol. The van der Waals surface area contributed by atoms with Crippen molar-refractivity contribution in [3.63, 3.8) is 0 Å². The Hall–Kier alpha value is -1.67. The van der Waals surface area contributed by atoms with E-state index in [-0.39, 0.29) is 0 Å². The van der Waals surface area contributed by atoms with Gasteiger partial charge in [-0.2, -0.15) is 0 Å². The van der Waals surface area contributed by atoms with E-state index in [1.54, 1.807) is 0 Å². The lowest BCUT2D eigenvalue weighted by Gasteiger charge is -2.31. The molecule has 152 valence electrons. The summed E-state index contributed by atoms with van der Waals surface area (Å²) in [7, 11) is 0. The van der Waals surface area contributed by atoms with Crippen LogP contribution in [0.4, 0.5) is 4.39 Å². The van der Waals surface area contributed by atoms with Gasteiger partial charge in [0.05, 0.1) is 0 Å². The zero-order valence-corrected chi connectivity index (χ0v) is 17.6. The van der Waals surface area contributed by atoms with Crippen LogP contribution in [-0.2, 0) is 13.0 Å². The number of aryl methyl sites for hydroxylation is 1. The summed E-state index contributed by atoms with van der Waals surface area (Å²) in [6.07, 6.45) is 6.54. The second kappa shape index (κ2) is 10.8. The Morgan fingerprint density at radius 3 is 2.32 bits per heavy atom. The molecule has 28 heavy (non-hydrogen) atoms. The minimum Gasteiger partial charge on any atom is -0.296 e. The zero-order chi connectivity index (χ0) is 19.8. The van der Waals surface area contributed by atoms with E-state index >= 15 is 0 Å². The van der Waals surface area contributed by atoms with E-state index in [1.807, 2.05) is 0 Å². The summed E-state index contributed by atoms with van der Waals surface area (Å²) in [5.41, 5.74) is 4.14. The summed E-state index contributed by atoms with van der Waals surface area (Å²) < 4.78 is 13.5. The van der Waals surface area contributed by atoms with Gasteiger partial charge in [0, 0.05) is 12.6 Å². The first-order valence-electron chi connectivity index (χ1n) is 11.2. The molecule has 1 saturated carbocycles. The fourth-order valence-corrected chi connectivity index (χ4v) is 4.66. The van der Waals surface area contributed by atoms with Crippen LogP contribution in [0.5, 0.6) is 0 Å². The van der Waals surface area contributed by atoms with Gasteiger partial charge in [-0.15, -0.1) is 0 Å². The van der Waals surface area contributed by atoms with E-state index in [9.17, 15) is 4.39 Å². The van der Waals surface area contributed by atoms with Crippen molar-refractivity contribution in [1.82, 2.24) is 4.90 Å². The first-order chi connectivity index (χ1) is 13.7. The third-order valence-electron chi connectivity index (χ3n) is 6.31. The molecule has 3 atom stereocenters. The van der Waals surface area contributed by atoms with Crippen LogP contribution in [-0.4, -0.2) is 23.7 Å². The average Bonchev–Trinajstić information content (AvgIpc) is 3.16. The van der Waals surface area contributed by atoms with Crippen LogP contribution in [0.3, 0.4) is 0 Å². The molecule has 0 radical (unpaired) electrons. The highest BCUT2D eigenvalue weighted by Crippen LogP contribution is 2.36. The molecule has 0 saturated heterocycles. The molecule has 3 unspecified atom stereocenters. The lowest BCUT2D eigenvalue weighted by Crippen LogP contribution is -2.35. The normalized spacial score (nSPS) is 20.6. The highest BCUT2D eigenvalue weighted by atomic mass is 19.1. The predicted molar refractivity (Wildman–Crippen MR) is 117 cm³/mol. The minimum atomic E-state index is -0.593. The molecule has 0 aliphatic heterocycles. The number of alkyl halides is 1. The number of hydrogen-bond acceptors (Lipinski definition) is 1. The van der Waals surface area contributed by atoms with E-state index < -0.39 is 6.17 Å². The van der Waals surface area contributed by atoms with Gasteiger partial charge in [-0.1, -0.05) is 68.4 Å². The third-order valence-corrected chi connectivity index (χ3v) is 6.31. The van der Waals surface area contributed by atoms with E-state index in [1.165, 1.54) is 36.0 Å². The highest BCUT2D eigenvalue weighted by Gasteiger charge is 2.25. The van der Waals surface area contributed by atoms with Crippen molar-refractivity contribution in [2.75, 3.05) is 6.54 Å². The van der Waals surface area contributed by atoms with E-state index in [4.69, 9.17) is 0 Å². The Balaban J connectivity index is 1.57. The summed E-state index contributed by atoms with van der Waals surface area (Å²) in [6.45, 7) is 6.78. The first kappa shape index (κ1) is 21.0. The molecule has 1 aliphatic carbocycles. The number of hydrogen-bond donors (Lipinski definition) is 0. The second-order valence-corrected chi connectivity index (χ2v) is 8.41. The molecular weight excluding hydrogens is 345 g/mol. The van der Waals surface area contributed by atoms with Crippen molar-refractivity contribution in [3.8, 4) is 0 Å². The molecule has 1 aliphatic rings. The van der Waals surface area contributed by atoms with Crippen molar-refractivity contribution >= 4 is 0 Å². The highest BCUT2D eigenvalue weighted by molar-refractivity contribution is 5.26. The van der Waals surface area contributed by atoms with Gasteiger partial charge in [-0.05, 0) is 74.1 Å². The molecule has 0 bridgehead atoms. The van der Waals surface area contributed by atoms with Crippen LogP contribution in [0, 0.1) is 0 Å². The van der Waals surface area contributed by atoms with Crippen LogP contribution in [0.25, 0.3) is 0 Å². The lowest BCUT2D eigenvalue weighted by atomic mass is 9.95. The zero-order valence-electron chi connectivity index (χ0n) is 17.6. The fraction of sp³-hybridized carbons (Fsp3) is 0.538. The van der Waals surface area contributed by atoms with Crippen molar-refractivity contribution in [1.29, 1.82) is 0 Å². The standard InChI is InChI=1S/C26H36FN/c1-3-18-28(20-22-8-6-5-7-9-22)26(4-2)17-12-21-10-13-23(14-11-21)24-15-16-25(27)19-24/h5-11,13-14,24-26H,3-4,12,15-20H2,1-2H3. The molecule has 0 N–H and O–H groups in total. The molecule has 0 spiro atoms. The van der Waals surface area contributed by atoms with E-state index in [2.05, 4.69) is 73.3 Å². The van der Waals surface area contributed by atoms with Gasteiger partial charge in [-0.25, -0.2) is 4.39 Å². The predicted octanol–water partition coefficient (Wildman–Crippen LogP) is 6.92. The SMILES string of the molecule is CCCN(Cc1ccccc1)C(CC)CCc1ccc(C2CCC(F)C2)cc1. The van der Waals surface area contributed by atoms with E-state index in [0.29, 0.717) is 18.4 Å². The molecule has 2 aromatic carbocycles. The molecular formula is C26H36FN. The Morgan fingerprint density at radius 2 is 1.71 bits per heavy atom. The third kappa shape index (κ3) is 5.91. The molecule has 3 rings (SSSR count). The molecule has 1 nitrogen and oxygen atoms in total. The summed E-state index contributed by atoms with van der Waals surface area (Å²) in [5, 5.41) is 0. The molecule has 0 aromatic heterocycles. The Labute approximate surface area is 171 Å². The number of benzene rings is 2. The van der Waals surface area contributed by atoms with Gasteiger partial charge in [0.2, 0.25) is 0 Å². The van der Waals surface area contributed by atoms with Crippen LogP contribution in [0.15, 0.2) is 54.6 Å². The summed E-state index contributed by atoms with van der Waals surface area (Å²) in [4.78, 5) is 2.66. The molecule has 0 amide bonds. The Kier molecular flexibility index (Phi) is 8.09. The van der Waals surface area contributed by atoms with Crippen LogP contribution < -0.4 is 0 Å². The topological polar surface area (TPSA) is 3.24 Å². The molecule has 2 heteroatoms. The maximum Gasteiger partial charge on any atom is 0.101 e. The largest absolute Gasteiger partial charge is 0.296 e. The van der Waals surface area contributed by atoms with E-state index in [0.717, 1.165) is 32.4 Å². The number of rotatable bonds is 10. The fourth-order valence-electron chi connectivity index (χ4n) is 4.66. The molecule has 0 heterocycles. The molecule has 1 fully saturated rings. The van der Waals surface area contributed by atoms with Gasteiger partial charge in [0.1, 0.15) is 6.17 Å². The van der Waals surface area contributed by atoms with Gasteiger partial charge in [0.15, 0.2) is 0 Å². The summed E-state index contributed by atoms with van der Waals surface area (Å²) in [6, 6.07) is 20.5. The van der Waals surface area contributed by atoms with Crippen molar-refractivity contribution in [2.45, 2.75) is 83.5 Å². The van der Waals surface area contributed by atoms with Gasteiger partial charge in [-0.3, -0.25) is 4.90 Å². The van der Waals surface area contributed by atoms with Gasteiger partial charge in [0.25, 0.3) is 0 Å². The molecule has 2 aromatic rings. The maximum atomic E-state index is 13.5. The Morgan fingerprint density at radius 1 is 0.964 bits per heavy atom. The van der Waals surface area contributed by atoms with Gasteiger partial charge < -0.3 is 0 Å². The number of halogens is 1. The first-order valence-corrected chi connectivity index (χ1v) is 11.2. The second-order valence-electron chi connectivity index (χ2n) is 8.41. The maximum absolute atomic E-state index is 13.5. The minimum absolute atomic E-state index is 0.429. The van der Waals surface area contributed by atoms with Crippen molar-refractivity contribution < 1.29 is 4.39 Å². The smallest absolute Gasteiger partial charge is 0.101 e. The van der Waals surface area contributed by atoms with Gasteiger partial charge >= 0.3 is 0 Å². The summed E-state index contributed by atoms with van der Waals surface area (Å²) in [5.74, 6) is 0.429. The Bertz CT molecular complexity index is 681. The quantitative estimate of drug-likeness (QED) is 0.432. The van der Waals surface area contributed by atoms with Crippen LogP contribution >= 0.6 is 0 Å². The summed E-state index contributed by atoms with van der Waals surface area (Å²) >= 11 is 0. The van der Waals surface area contributed by atoms with Crippen LogP contribution in [0.2, 0.25) is 0 Å². The lowest BCUT2D eigenvalue weighted by molar-refractivity contribution is 0.173. The van der Waals surface area contributed by atoms with Crippen LogP contribution in [0.1, 0.15) is 75.0 Å². The number of nitrogens with zero attached hydrogens (tertiary/aromatic N) is 1. The van der Waals surface area contributed by atoms with Crippen molar-refractivity contribution in [3.05, 3.63) is 71.3 Å². The average molecular weight is 382 g/mol.